The summed E-state index contributed by atoms with van der Waals surface area (Å²) in [6.07, 6.45) is 4.06. The van der Waals surface area contributed by atoms with E-state index in [1.54, 1.807) is 22.0 Å². The maximum absolute atomic E-state index is 11.8. The van der Waals surface area contributed by atoms with Crippen LogP contribution in [0.15, 0.2) is 12.4 Å². The zero-order valence-electron chi connectivity index (χ0n) is 13.5. The molecule has 2 aromatic rings. The highest BCUT2D eigenvalue weighted by Crippen LogP contribution is 2.45. The summed E-state index contributed by atoms with van der Waals surface area (Å²) in [5, 5.41) is 15.0. The van der Waals surface area contributed by atoms with Gasteiger partial charge >= 0.3 is 6.09 Å². The Morgan fingerprint density at radius 3 is 2.83 bits per heavy atom. The summed E-state index contributed by atoms with van der Waals surface area (Å²) >= 11 is 5.90. The zero-order chi connectivity index (χ0) is 16.8. The summed E-state index contributed by atoms with van der Waals surface area (Å²) in [4.78, 5) is 21.5. The molecule has 1 aliphatic heterocycles. The van der Waals surface area contributed by atoms with E-state index in [0.29, 0.717) is 18.7 Å². The third-order valence-corrected chi connectivity index (χ3v) is 5.06. The lowest BCUT2D eigenvalue weighted by atomic mass is 9.71. The molecule has 1 aliphatic rings. The number of carbonyl (C=O) groups is 1. The number of nitrogens with zero attached hydrogens (tertiary/aromatic N) is 5. The fourth-order valence-electron chi connectivity index (χ4n) is 3.55. The predicted octanol–water partition coefficient (Wildman–Crippen LogP) is 3.04. The van der Waals surface area contributed by atoms with Crippen LogP contribution in [-0.4, -0.2) is 47.9 Å². The molecule has 1 saturated heterocycles. The van der Waals surface area contributed by atoms with Gasteiger partial charge in [0.05, 0.1) is 23.7 Å². The Labute approximate surface area is 139 Å². The molecule has 3 rings (SSSR count). The molecular formula is C15H20ClN5O2. The molecule has 1 atom stereocenters. The summed E-state index contributed by atoms with van der Waals surface area (Å²) in [6.45, 7) is 7.20. The Hall–Kier alpha value is -1.89. The molecule has 0 saturated carbocycles. The molecule has 0 aliphatic carbocycles. The normalized spacial score (nSPS) is 22.0. The monoisotopic (exact) mass is 337 g/mol. The predicted molar refractivity (Wildman–Crippen MR) is 86.5 cm³/mol. The fraction of sp³-hybridized carbons (Fsp3) is 0.600. The van der Waals surface area contributed by atoms with Crippen LogP contribution in [0.4, 0.5) is 4.79 Å². The number of hydrogen-bond acceptors (Lipinski definition) is 4. The van der Waals surface area contributed by atoms with E-state index < -0.39 is 11.6 Å². The van der Waals surface area contributed by atoms with Crippen molar-refractivity contribution in [3.05, 3.63) is 17.7 Å². The van der Waals surface area contributed by atoms with Gasteiger partial charge in [0.2, 0.25) is 5.28 Å². The molecule has 23 heavy (non-hydrogen) atoms. The van der Waals surface area contributed by atoms with E-state index in [1.807, 2.05) is 0 Å². The van der Waals surface area contributed by atoms with E-state index in [-0.39, 0.29) is 10.7 Å². The second kappa shape index (κ2) is 5.33. The van der Waals surface area contributed by atoms with Gasteiger partial charge < -0.3 is 10.0 Å². The summed E-state index contributed by atoms with van der Waals surface area (Å²) < 4.78 is 1.75. The zero-order valence-corrected chi connectivity index (χ0v) is 14.2. The quantitative estimate of drug-likeness (QED) is 0.851. The Bertz CT molecular complexity index is 754. The van der Waals surface area contributed by atoms with Gasteiger partial charge in [0.15, 0.2) is 5.65 Å². The van der Waals surface area contributed by atoms with Gasteiger partial charge in [-0.3, -0.25) is 0 Å². The largest absolute Gasteiger partial charge is 0.465 e. The number of fused-ring (bicyclic) bond motifs is 1. The van der Waals surface area contributed by atoms with Gasteiger partial charge in [-0.1, -0.05) is 20.8 Å². The number of carboxylic acid groups (broad SMARTS) is 1. The number of halogens is 1. The Morgan fingerprint density at radius 2 is 2.17 bits per heavy atom. The number of hydrogen-bond donors (Lipinski definition) is 1. The van der Waals surface area contributed by atoms with Gasteiger partial charge in [-0.2, -0.15) is 10.1 Å². The van der Waals surface area contributed by atoms with Gasteiger partial charge in [0, 0.05) is 12.7 Å². The van der Waals surface area contributed by atoms with Crippen molar-refractivity contribution < 1.29 is 9.90 Å². The molecule has 1 fully saturated rings. The lowest BCUT2D eigenvalue weighted by Crippen LogP contribution is -2.57. The molecule has 0 spiro atoms. The van der Waals surface area contributed by atoms with Crippen LogP contribution in [0.3, 0.4) is 0 Å². The first kappa shape index (κ1) is 16.0. The average molecular weight is 338 g/mol. The van der Waals surface area contributed by atoms with Crippen molar-refractivity contribution in [2.24, 2.45) is 5.41 Å². The molecule has 0 aromatic carbocycles. The standard InChI is InChI=1S/C15H20ClN5O2/c1-14(2,3)15(5-4-6-20(15)13(22)23)9-21-11-10(8-18-21)7-17-12(16)19-11/h7-8H,4-6,9H2,1-3H3,(H,22,23)/t15-/m1/s1. The average Bonchev–Trinajstić information content (AvgIpc) is 3.04. The van der Waals surface area contributed by atoms with E-state index in [0.717, 1.165) is 18.2 Å². The van der Waals surface area contributed by atoms with Crippen molar-refractivity contribution in [2.75, 3.05) is 6.54 Å². The Morgan fingerprint density at radius 1 is 1.43 bits per heavy atom. The second-order valence-corrected chi connectivity index (χ2v) is 7.38. The van der Waals surface area contributed by atoms with Crippen molar-refractivity contribution in [3.63, 3.8) is 0 Å². The molecule has 0 unspecified atom stereocenters. The second-order valence-electron chi connectivity index (χ2n) is 7.04. The first-order valence-corrected chi connectivity index (χ1v) is 7.97. The van der Waals surface area contributed by atoms with E-state index in [9.17, 15) is 9.90 Å². The minimum Gasteiger partial charge on any atom is -0.465 e. The molecule has 0 bridgehead atoms. The summed E-state index contributed by atoms with van der Waals surface area (Å²) in [5.74, 6) is 0. The fourth-order valence-corrected chi connectivity index (χ4v) is 3.68. The highest BCUT2D eigenvalue weighted by Gasteiger charge is 2.52. The third-order valence-electron chi connectivity index (χ3n) is 4.87. The molecule has 1 amide bonds. The van der Waals surface area contributed by atoms with Crippen LogP contribution >= 0.6 is 11.6 Å². The van der Waals surface area contributed by atoms with Gasteiger partial charge in [0.1, 0.15) is 0 Å². The molecule has 8 heteroatoms. The van der Waals surface area contributed by atoms with Crippen LogP contribution in [0.5, 0.6) is 0 Å². The highest BCUT2D eigenvalue weighted by molar-refractivity contribution is 6.28. The number of amides is 1. The van der Waals surface area contributed by atoms with Crippen molar-refractivity contribution >= 4 is 28.7 Å². The van der Waals surface area contributed by atoms with Crippen LogP contribution in [0.1, 0.15) is 33.6 Å². The van der Waals surface area contributed by atoms with Gasteiger partial charge in [-0.25, -0.2) is 14.5 Å². The van der Waals surface area contributed by atoms with Crippen LogP contribution in [0, 0.1) is 5.41 Å². The van der Waals surface area contributed by atoms with Crippen molar-refractivity contribution in [1.82, 2.24) is 24.6 Å². The maximum Gasteiger partial charge on any atom is 0.407 e. The SMILES string of the molecule is CC(C)(C)[C@]1(Cn2ncc3cnc(Cl)nc32)CCCN1C(=O)O. The first-order chi connectivity index (χ1) is 10.7. The van der Waals surface area contributed by atoms with Crippen LogP contribution in [0.2, 0.25) is 5.28 Å². The molecule has 7 nitrogen and oxygen atoms in total. The highest BCUT2D eigenvalue weighted by atomic mass is 35.5. The van der Waals surface area contributed by atoms with Crippen molar-refractivity contribution in [3.8, 4) is 0 Å². The van der Waals surface area contributed by atoms with Crippen LogP contribution in [-0.2, 0) is 6.54 Å². The summed E-state index contributed by atoms with van der Waals surface area (Å²) in [5.41, 5.74) is -0.141. The minimum absolute atomic E-state index is 0.158. The smallest absolute Gasteiger partial charge is 0.407 e. The van der Waals surface area contributed by atoms with E-state index in [4.69, 9.17) is 11.6 Å². The molecule has 0 radical (unpaired) electrons. The van der Waals surface area contributed by atoms with Crippen molar-refractivity contribution in [2.45, 2.75) is 45.7 Å². The molecule has 1 N–H and O–H groups in total. The summed E-state index contributed by atoms with van der Waals surface area (Å²) in [7, 11) is 0. The Balaban J connectivity index is 2.08. The maximum atomic E-state index is 11.8. The van der Waals surface area contributed by atoms with Crippen molar-refractivity contribution in [1.29, 1.82) is 0 Å². The van der Waals surface area contributed by atoms with E-state index in [2.05, 4.69) is 35.8 Å². The lowest BCUT2D eigenvalue weighted by Gasteiger charge is -2.47. The molecule has 124 valence electrons. The topological polar surface area (TPSA) is 84.1 Å². The molecule has 2 aromatic heterocycles. The van der Waals surface area contributed by atoms with Gasteiger partial charge in [-0.15, -0.1) is 0 Å². The van der Waals surface area contributed by atoms with Crippen LogP contribution in [0.25, 0.3) is 11.0 Å². The molecular weight excluding hydrogens is 318 g/mol. The number of rotatable bonds is 2. The lowest BCUT2D eigenvalue weighted by molar-refractivity contribution is 0.0161. The first-order valence-electron chi connectivity index (χ1n) is 7.59. The summed E-state index contributed by atoms with van der Waals surface area (Å²) in [6, 6.07) is 0. The van der Waals surface area contributed by atoms with Gasteiger partial charge in [-0.05, 0) is 29.9 Å². The number of aromatic nitrogens is 4. The third kappa shape index (κ3) is 2.52. The van der Waals surface area contributed by atoms with Gasteiger partial charge in [0.25, 0.3) is 0 Å². The number of likely N-dealkylation sites (tertiary alicyclic amines) is 1. The van der Waals surface area contributed by atoms with E-state index in [1.165, 1.54) is 0 Å². The minimum atomic E-state index is -0.887. The van der Waals surface area contributed by atoms with E-state index >= 15 is 0 Å². The Kier molecular flexibility index (Phi) is 3.71. The van der Waals surface area contributed by atoms with Crippen LogP contribution < -0.4 is 0 Å². The molecule has 3 heterocycles.